The second-order valence-electron chi connectivity index (χ2n) is 4.99. The lowest BCUT2D eigenvalue weighted by Crippen LogP contribution is -2.16. The molecule has 0 aliphatic rings. The van der Waals surface area contributed by atoms with Gasteiger partial charge in [-0.3, -0.25) is 0 Å². The number of nitrogens with one attached hydrogen (secondary N) is 1. The van der Waals surface area contributed by atoms with E-state index in [1.165, 1.54) is 16.3 Å². The first-order valence-electron chi connectivity index (χ1n) is 7.06. The Labute approximate surface area is 119 Å². The fourth-order valence-corrected chi connectivity index (χ4v) is 2.60. The highest BCUT2D eigenvalue weighted by atomic mass is 16.3. The van der Waals surface area contributed by atoms with E-state index in [0.717, 1.165) is 17.9 Å². The predicted molar refractivity (Wildman–Crippen MR) is 82.9 cm³/mol. The van der Waals surface area contributed by atoms with E-state index in [1.54, 1.807) is 0 Å². The van der Waals surface area contributed by atoms with Gasteiger partial charge < -0.3 is 9.73 Å². The zero-order valence-corrected chi connectivity index (χ0v) is 11.9. The van der Waals surface area contributed by atoms with Crippen LogP contribution in [-0.2, 0) is 6.42 Å². The van der Waals surface area contributed by atoms with Gasteiger partial charge in [-0.1, -0.05) is 43.3 Å². The molecule has 1 aromatic heterocycles. The summed E-state index contributed by atoms with van der Waals surface area (Å²) in [5.74, 6) is 2.00. The highest BCUT2D eigenvalue weighted by Gasteiger charge is 2.16. The molecule has 2 heteroatoms. The van der Waals surface area contributed by atoms with Crippen LogP contribution in [0.5, 0.6) is 0 Å². The Bertz CT molecular complexity index is 714. The molecule has 0 bridgehead atoms. The van der Waals surface area contributed by atoms with Gasteiger partial charge in [0.2, 0.25) is 0 Å². The van der Waals surface area contributed by atoms with E-state index >= 15 is 0 Å². The Balaban J connectivity index is 2.02. The Hall–Kier alpha value is -2.06. The normalized spacial score (nSPS) is 12.7. The van der Waals surface area contributed by atoms with Gasteiger partial charge in [0.15, 0.2) is 0 Å². The number of benzene rings is 2. The summed E-state index contributed by atoms with van der Waals surface area (Å²) >= 11 is 0. The molecule has 0 saturated carbocycles. The number of fused-ring (bicyclic) bond motifs is 1. The average molecular weight is 265 g/mol. The van der Waals surface area contributed by atoms with E-state index in [2.05, 4.69) is 66.8 Å². The fourth-order valence-electron chi connectivity index (χ4n) is 2.60. The molecule has 2 aromatic carbocycles. The van der Waals surface area contributed by atoms with Crippen molar-refractivity contribution in [1.29, 1.82) is 0 Å². The lowest BCUT2D eigenvalue weighted by molar-refractivity contribution is 0.434. The maximum atomic E-state index is 5.89. The summed E-state index contributed by atoms with van der Waals surface area (Å²) in [6.07, 6.45) is 0.925. The van der Waals surface area contributed by atoms with Crippen molar-refractivity contribution in [3.8, 4) is 0 Å². The second kappa shape index (κ2) is 5.51. The van der Waals surface area contributed by atoms with E-state index in [4.69, 9.17) is 4.42 Å². The molecule has 20 heavy (non-hydrogen) atoms. The van der Waals surface area contributed by atoms with Gasteiger partial charge in [-0.25, -0.2) is 0 Å². The summed E-state index contributed by atoms with van der Waals surface area (Å²) < 4.78 is 5.89. The van der Waals surface area contributed by atoms with Crippen LogP contribution >= 0.6 is 0 Å². The average Bonchev–Trinajstić information content (AvgIpc) is 2.97. The van der Waals surface area contributed by atoms with E-state index in [1.807, 2.05) is 7.05 Å². The van der Waals surface area contributed by atoms with E-state index in [-0.39, 0.29) is 6.04 Å². The zero-order valence-electron chi connectivity index (χ0n) is 11.9. The molecule has 1 atom stereocenters. The molecule has 1 N–H and O–H groups in total. The molecule has 0 saturated heterocycles. The Morgan fingerprint density at radius 3 is 2.50 bits per heavy atom. The Kier molecular flexibility index (Phi) is 3.57. The van der Waals surface area contributed by atoms with E-state index in [0.29, 0.717) is 0 Å². The molecule has 102 valence electrons. The molecule has 0 radical (unpaired) electrons. The molecule has 3 aromatic rings. The van der Waals surface area contributed by atoms with Gasteiger partial charge in [0.1, 0.15) is 11.5 Å². The fraction of sp³-hybridized carbons (Fsp3) is 0.222. The molecular formula is C18H19NO. The van der Waals surface area contributed by atoms with E-state index < -0.39 is 0 Å². The van der Waals surface area contributed by atoms with Crippen LogP contribution in [-0.4, -0.2) is 7.05 Å². The zero-order chi connectivity index (χ0) is 13.9. The first kappa shape index (κ1) is 12.9. The lowest BCUT2D eigenvalue weighted by atomic mass is 10.0. The summed E-state index contributed by atoms with van der Waals surface area (Å²) in [6, 6.07) is 19.2. The maximum Gasteiger partial charge on any atom is 0.125 e. The van der Waals surface area contributed by atoms with Crippen molar-refractivity contribution in [3.05, 3.63) is 71.7 Å². The van der Waals surface area contributed by atoms with Crippen molar-refractivity contribution < 1.29 is 4.42 Å². The minimum absolute atomic E-state index is 0.0971. The van der Waals surface area contributed by atoms with Gasteiger partial charge in [0.05, 0.1) is 6.04 Å². The van der Waals surface area contributed by atoms with E-state index in [9.17, 15) is 0 Å². The summed E-state index contributed by atoms with van der Waals surface area (Å²) in [5.41, 5.74) is 1.23. The number of aryl methyl sites for hydroxylation is 1. The minimum Gasteiger partial charge on any atom is -0.464 e. The van der Waals surface area contributed by atoms with Crippen LogP contribution in [0.2, 0.25) is 0 Å². The van der Waals surface area contributed by atoms with Crippen LogP contribution in [0.25, 0.3) is 10.8 Å². The summed E-state index contributed by atoms with van der Waals surface area (Å²) in [4.78, 5) is 0. The third kappa shape index (κ3) is 2.35. The first-order chi connectivity index (χ1) is 9.81. The van der Waals surface area contributed by atoms with Crippen LogP contribution in [0, 0.1) is 0 Å². The molecule has 1 heterocycles. The number of hydrogen-bond acceptors (Lipinski definition) is 2. The minimum atomic E-state index is 0.0971. The molecule has 3 rings (SSSR count). The monoisotopic (exact) mass is 265 g/mol. The third-order valence-corrected chi connectivity index (χ3v) is 3.71. The molecule has 1 unspecified atom stereocenters. The van der Waals surface area contributed by atoms with Crippen molar-refractivity contribution in [1.82, 2.24) is 5.32 Å². The molecule has 0 aliphatic heterocycles. The predicted octanol–water partition coefficient (Wildman–Crippen LogP) is 4.30. The summed E-state index contributed by atoms with van der Waals surface area (Å²) in [6.45, 7) is 2.10. The van der Waals surface area contributed by atoms with Gasteiger partial charge in [-0.05, 0) is 41.6 Å². The van der Waals surface area contributed by atoms with Crippen molar-refractivity contribution in [2.75, 3.05) is 7.05 Å². The quantitative estimate of drug-likeness (QED) is 0.760. The number of furan rings is 1. The van der Waals surface area contributed by atoms with Gasteiger partial charge in [0, 0.05) is 6.42 Å². The largest absolute Gasteiger partial charge is 0.464 e. The SMILES string of the molecule is CCc1ccc(C(NC)c2ccc3ccccc3c2)o1. The Morgan fingerprint density at radius 1 is 1.00 bits per heavy atom. The van der Waals surface area contributed by atoms with Crippen LogP contribution < -0.4 is 5.32 Å². The van der Waals surface area contributed by atoms with Crippen molar-refractivity contribution >= 4 is 10.8 Å². The van der Waals surface area contributed by atoms with Crippen molar-refractivity contribution in [3.63, 3.8) is 0 Å². The Morgan fingerprint density at radius 2 is 1.80 bits per heavy atom. The maximum absolute atomic E-state index is 5.89. The molecule has 2 nitrogen and oxygen atoms in total. The topological polar surface area (TPSA) is 25.2 Å². The summed E-state index contributed by atoms with van der Waals surface area (Å²) in [5, 5.41) is 5.86. The van der Waals surface area contributed by atoms with Gasteiger partial charge in [-0.2, -0.15) is 0 Å². The molecular weight excluding hydrogens is 246 g/mol. The molecule has 0 amide bonds. The second-order valence-corrected chi connectivity index (χ2v) is 4.99. The number of hydrogen-bond donors (Lipinski definition) is 1. The standard InChI is InChI=1S/C18H19NO/c1-3-16-10-11-17(20-16)18(19-2)15-9-8-13-6-4-5-7-14(13)12-15/h4-12,18-19H,3H2,1-2H3. The third-order valence-electron chi connectivity index (χ3n) is 3.71. The molecule has 0 fully saturated rings. The first-order valence-corrected chi connectivity index (χ1v) is 7.06. The van der Waals surface area contributed by atoms with Gasteiger partial charge in [0.25, 0.3) is 0 Å². The van der Waals surface area contributed by atoms with Crippen LogP contribution in [0.15, 0.2) is 59.0 Å². The highest BCUT2D eigenvalue weighted by Crippen LogP contribution is 2.26. The van der Waals surface area contributed by atoms with Crippen LogP contribution in [0.3, 0.4) is 0 Å². The van der Waals surface area contributed by atoms with Crippen molar-refractivity contribution in [2.45, 2.75) is 19.4 Å². The van der Waals surface area contributed by atoms with Crippen molar-refractivity contribution in [2.24, 2.45) is 0 Å². The number of rotatable bonds is 4. The van der Waals surface area contributed by atoms with Gasteiger partial charge >= 0.3 is 0 Å². The lowest BCUT2D eigenvalue weighted by Gasteiger charge is -2.15. The van der Waals surface area contributed by atoms with Gasteiger partial charge in [-0.15, -0.1) is 0 Å². The molecule has 0 aliphatic carbocycles. The highest BCUT2D eigenvalue weighted by molar-refractivity contribution is 5.83. The van der Waals surface area contributed by atoms with Crippen LogP contribution in [0.1, 0.15) is 30.0 Å². The van der Waals surface area contributed by atoms with Crippen LogP contribution in [0.4, 0.5) is 0 Å². The molecule has 0 spiro atoms. The summed E-state index contributed by atoms with van der Waals surface area (Å²) in [7, 11) is 1.97. The smallest absolute Gasteiger partial charge is 0.125 e.